The fraction of sp³-hybridized carbons (Fsp3) is 0.391. The van der Waals surface area contributed by atoms with Gasteiger partial charge in [-0.1, -0.05) is 18.2 Å². The van der Waals surface area contributed by atoms with Crippen molar-refractivity contribution in [2.24, 2.45) is 0 Å². The van der Waals surface area contributed by atoms with Gasteiger partial charge in [0, 0.05) is 30.5 Å². The highest BCUT2D eigenvalue weighted by molar-refractivity contribution is 7.80. The molecule has 0 fully saturated rings. The first-order chi connectivity index (χ1) is 14.0. The van der Waals surface area contributed by atoms with Gasteiger partial charge in [0.2, 0.25) is 0 Å². The number of ether oxygens (including phenoxy) is 1. The van der Waals surface area contributed by atoms with Gasteiger partial charge in [0.15, 0.2) is 5.11 Å². The molecule has 0 saturated carbocycles. The molecule has 0 aromatic heterocycles. The van der Waals surface area contributed by atoms with E-state index >= 15 is 0 Å². The van der Waals surface area contributed by atoms with Crippen LogP contribution in [0, 0.1) is 6.92 Å². The summed E-state index contributed by atoms with van der Waals surface area (Å²) in [5.41, 5.74) is 5.18. The molecule has 29 heavy (non-hydrogen) atoms. The lowest BCUT2D eigenvalue weighted by Crippen LogP contribution is -2.34. The maximum Gasteiger partial charge on any atom is 0.338 e. The van der Waals surface area contributed by atoms with Crippen molar-refractivity contribution in [3.8, 4) is 0 Å². The Morgan fingerprint density at radius 3 is 2.83 bits per heavy atom. The van der Waals surface area contributed by atoms with Crippen LogP contribution in [-0.4, -0.2) is 36.8 Å². The van der Waals surface area contributed by atoms with Crippen LogP contribution in [0.3, 0.4) is 0 Å². The summed E-state index contributed by atoms with van der Waals surface area (Å²) in [6.45, 7) is 8.20. The van der Waals surface area contributed by atoms with Crippen LogP contribution in [0.25, 0.3) is 0 Å². The molecule has 2 aromatic rings. The van der Waals surface area contributed by atoms with Gasteiger partial charge >= 0.3 is 5.97 Å². The van der Waals surface area contributed by atoms with E-state index in [2.05, 4.69) is 46.7 Å². The molecule has 0 unspecified atom stereocenters. The summed E-state index contributed by atoms with van der Waals surface area (Å²) >= 11 is 5.43. The minimum absolute atomic E-state index is 0.305. The van der Waals surface area contributed by atoms with Crippen molar-refractivity contribution in [2.45, 2.75) is 39.7 Å². The van der Waals surface area contributed by atoms with E-state index in [0.717, 1.165) is 37.2 Å². The zero-order valence-electron chi connectivity index (χ0n) is 17.3. The Bertz CT molecular complexity index is 884. The smallest absolute Gasteiger partial charge is 0.338 e. The Labute approximate surface area is 178 Å². The number of para-hydroxylation sites is 1. The Kier molecular flexibility index (Phi) is 7.09. The highest BCUT2D eigenvalue weighted by Gasteiger charge is 2.24. The van der Waals surface area contributed by atoms with E-state index in [1.54, 1.807) is 13.0 Å². The fourth-order valence-electron chi connectivity index (χ4n) is 3.73. The molecule has 5 nitrogen and oxygen atoms in total. The van der Waals surface area contributed by atoms with Crippen LogP contribution >= 0.6 is 12.2 Å². The normalized spacial score (nSPS) is 15.0. The van der Waals surface area contributed by atoms with Gasteiger partial charge in [0.25, 0.3) is 0 Å². The lowest BCUT2D eigenvalue weighted by molar-refractivity contribution is 0.0526. The van der Waals surface area contributed by atoms with Crippen molar-refractivity contribution >= 4 is 34.7 Å². The fourth-order valence-corrected chi connectivity index (χ4v) is 3.95. The van der Waals surface area contributed by atoms with Crippen LogP contribution in [0.5, 0.6) is 0 Å². The van der Waals surface area contributed by atoms with Gasteiger partial charge in [-0.25, -0.2) is 4.79 Å². The summed E-state index contributed by atoms with van der Waals surface area (Å²) in [6, 6.07) is 14.6. The van der Waals surface area contributed by atoms with Gasteiger partial charge < -0.3 is 20.3 Å². The summed E-state index contributed by atoms with van der Waals surface area (Å²) in [6.07, 6.45) is 2.12. The number of aryl methyl sites for hydroxylation is 1. The number of nitrogens with zero attached hydrogens (tertiary/aromatic N) is 1. The van der Waals surface area contributed by atoms with E-state index in [0.29, 0.717) is 23.3 Å². The number of fused-ring (bicyclic) bond motifs is 1. The number of nitrogens with one attached hydrogen (secondary N) is 2. The molecule has 0 radical (unpaired) electrons. The average Bonchev–Trinajstić information content (AvgIpc) is 3.02. The molecule has 0 amide bonds. The predicted octanol–water partition coefficient (Wildman–Crippen LogP) is 4.30. The standard InChI is InChI=1S/C23H29N3O2S/c1-4-28-22(27)19-10-11-20(16(2)14-19)25-23(29)24-12-7-13-26-17(3)15-18-8-5-6-9-21(18)26/h5-6,8-11,14,17H,4,7,12-13,15H2,1-3H3,(H2,24,25,29)/t17-/m1/s1. The molecule has 1 heterocycles. The molecular formula is C23H29N3O2S. The molecule has 0 saturated heterocycles. The first kappa shape index (κ1) is 21.1. The van der Waals surface area contributed by atoms with E-state index in [1.165, 1.54) is 11.3 Å². The molecular weight excluding hydrogens is 382 g/mol. The Hall–Kier alpha value is -2.60. The number of carbonyl (C=O) groups is 1. The van der Waals surface area contributed by atoms with E-state index < -0.39 is 0 Å². The van der Waals surface area contributed by atoms with Gasteiger partial charge in [-0.05, 0) is 81.2 Å². The SMILES string of the molecule is CCOC(=O)c1ccc(NC(=S)NCCCN2c3ccccc3C[C@H]2C)c(C)c1. The summed E-state index contributed by atoms with van der Waals surface area (Å²) in [4.78, 5) is 14.3. The summed E-state index contributed by atoms with van der Waals surface area (Å²) < 4.78 is 5.04. The third kappa shape index (κ3) is 5.26. The van der Waals surface area contributed by atoms with Crippen molar-refractivity contribution in [2.75, 3.05) is 29.9 Å². The predicted molar refractivity (Wildman–Crippen MR) is 123 cm³/mol. The van der Waals surface area contributed by atoms with Gasteiger partial charge in [0.05, 0.1) is 12.2 Å². The summed E-state index contributed by atoms with van der Waals surface area (Å²) in [5.74, 6) is -0.305. The quantitative estimate of drug-likeness (QED) is 0.403. The van der Waals surface area contributed by atoms with Crippen LogP contribution in [0.2, 0.25) is 0 Å². The molecule has 0 spiro atoms. The molecule has 2 aromatic carbocycles. The van der Waals surface area contributed by atoms with Crippen LogP contribution in [0.4, 0.5) is 11.4 Å². The van der Waals surface area contributed by atoms with E-state index in [1.807, 2.05) is 19.1 Å². The Morgan fingerprint density at radius 1 is 1.28 bits per heavy atom. The van der Waals surface area contributed by atoms with Crippen LogP contribution in [0.15, 0.2) is 42.5 Å². The highest BCUT2D eigenvalue weighted by atomic mass is 32.1. The van der Waals surface area contributed by atoms with Crippen LogP contribution in [-0.2, 0) is 11.2 Å². The minimum atomic E-state index is -0.305. The van der Waals surface area contributed by atoms with Crippen LogP contribution in [0.1, 0.15) is 41.8 Å². The summed E-state index contributed by atoms with van der Waals surface area (Å²) in [5, 5.41) is 7.09. The molecule has 1 aliphatic rings. The minimum Gasteiger partial charge on any atom is -0.462 e. The van der Waals surface area contributed by atoms with Crippen molar-refractivity contribution in [1.29, 1.82) is 0 Å². The molecule has 1 atom stereocenters. The number of esters is 1. The van der Waals surface area contributed by atoms with Gasteiger partial charge in [0.1, 0.15) is 0 Å². The van der Waals surface area contributed by atoms with Crippen molar-refractivity contribution in [3.63, 3.8) is 0 Å². The maximum absolute atomic E-state index is 11.8. The third-order valence-electron chi connectivity index (χ3n) is 5.20. The first-order valence-electron chi connectivity index (χ1n) is 10.2. The third-order valence-corrected chi connectivity index (χ3v) is 5.44. The molecule has 0 bridgehead atoms. The number of hydrogen-bond donors (Lipinski definition) is 2. The second kappa shape index (κ2) is 9.74. The lowest BCUT2D eigenvalue weighted by atomic mass is 10.1. The van der Waals surface area contributed by atoms with Crippen molar-refractivity contribution in [1.82, 2.24) is 5.32 Å². The molecule has 2 N–H and O–H groups in total. The monoisotopic (exact) mass is 411 g/mol. The second-order valence-electron chi connectivity index (χ2n) is 7.36. The number of benzene rings is 2. The van der Waals surface area contributed by atoms with Gasteiger partial charge in [-0.15, -0.1) is 0 Å². The van der Waals surface area contributed by atoms with Gasteiger partial charge in [-0.2, -0.15) is 0 Å². The number of rotatable bonds is 7. The Morgan fingerprint density at radius 2 is 2.07 bits per heavy atom. The zero-order valence-corrected chi connectivity index (χ0v) is 18.1. The van der Waals surface area contributed by atoms with Crippen molar-refractivity contribution < 1.29 is 9.53 Å². The van der Waals surface area contributed by atoms with Crippen molar-refractivity contribution in [3.05, 3.63) is 59.2 Å². The lowest BCUT2D eigenvalue weighted by Gasteiger charge is -2.25. The van der Waals surface area contributed by atoms with E-state index in [-0.39, 0.29) is 5.97 Å². The largest absolute Gasteiger partial charge is 0.462 e. The molecule has 0 aliphatic carbocycles. The number of hydrogen-bond acceptors (Lipinski definition) is 4. The number of carbonyl (C=O) groups excluding carboxylic acids is 1. The highest BCUT2D eigenvalue weighted by Crippen LogP contribution is 2.31. The molecule has 154 valence electrons. The first-order valence-corrected chi connectivity index (χ1v) is 10.6. The van der Waals surface area contributed by atoms with E-state index in [9.17, 15) is 4.79 Å². The van der Waals surface area contributed by atoms with E-state index in [4.69, 9.17) is 17.0 Å². The molecule has 6 heteroatoms. The number of thiocarbonyl (C=S) groups is 1. The summed E-state index contributed by atoms with van der Waals surface area (Å²) in [7, 11) is 0. The topological polar surface area (TPSA) is 53.6 Å². The van der Waals surface area contributed by atoms with Crippen LogP contribution < -0.4 is 15.5 Å². The maximum atomic E-state index is 11.8. The molecule has 3 rings (SSSR count). The second-order valence-corrected chi connectivity index (χ2v) is 7.77. The zero-order chi connectivity index (χ0) is 20.8. The average molecular weight is 412 g/mol. The molecule has 1 aliphatic heterocycles. The van der Waals surface area contributed by atoms with Gasteiger partial charge in [-0.3, -0.25) is 0 Å². The number of anilines is 2. The Balaban J connectivity index is 1.45.